The van der Waals surface area contributed by atoms with Gasteiger partial charge in [0.2, 0.25) is 0 Å². The van der Waals surface area contributed by atoms with Crippen LogP contribution in [-0.4, -0.2) is 13.2 Å². The highest BCUT2D eigenvalue weighted by Gasteiger charge is 1.88. The topological polar surface area (TPSA) is 56.8 Å². The number of hydrogen-bond acceptors (Lipinski definition) is 3. The maximum atomic E-state index is 8.23. The number of hydrogen-bond donors (Lipinski definition) is 0. The van der Waals surface area contributed by atoms with Crippen molar-refractivity contribution in [2.75, 3.05) is 13.2 Å². The Kier molecular flexibility index (Phi) is 5.04. The van der Waals surface area contributed by atoms with E-state index in [9.17, 15) is 0 Å². The van der Waals surface area contributed by atoms with Gasteiger partial charge in [0, 0.05) is 6.61 Å². The van der Waals surface area contributed by atoms with Crippen molar-refractivity contribution in [3.63, 3.8) is 0 Å². The molecule has 0 N–H and O–H groups in total. The summed E-state index contributed by atoms with van der Waals surface area (Å²) in [5.74, 6) is 0. The first-order valence-electron chi connectivity index (χ1n) is 2.93. The van der Waals surface area contributed by atoms with Gasteiger partial charge in [-0.15, -0.1) is 0 Å². The van der Waals surface area contributed by atoms with Gasteiger partial charge in [0.05, 0.1) is 6.61 Å². The van der Waals surface area contributed by atoms with Gasteiger partial charge in [0.25, 0.3) is 0 Å². The zero-order chi connectivity index (χ0) is 7.82. The Morgan fingerprint density at radius 1 is 1.50 bits per heavy atom. The van der Waals surface area contributed by atoms with Crippen LogP contribution in [0.3, 0.4) is 0 Å². The number of allylic oxidation sites excluding steroid dienone is 1. The van der Waals surface area contributed by atoms with Gasteiger partial charge >= 0.3 is 0 Å². The zero-order valence-electron chi connectivity index (χ0n) is 5.79. The molecule has 3 heteroatoms. The van der Waals surface area contributed by atoms with Crippen LogP contribution >= 0.6 is 0 Å². The fourth-order valence-electron chi connectivity index (χ4n) is 0.376. The van der Waals surface area contributed by atoms with Crippen LogP contribution in [0.25, 0.3) is 0 Å². The molecule has 0 aliphatic carbocycles. The SMILES string of the molecule is CCOCC=C(C#N)C#N. The lowest BCUT2D eigenvalue weighted by Gasteiger charge is -1.90. The van der Waals surface area contributed by atoms with Crippen LogP contribution in [0.15, 0.2) is 11.6 Å². The maximum absolute atomic E-state index is 8.23. The fourth-order valence-corrected chi connectivity index (χ4v) is 0.376. The van der Waals surface area contributed by atoms with Crippen molar-refractivity contribution in [3.05, 3.63) is 11.6 Å². The van der Waals surface area contributed by atoms with E-state index < -0.39 is 0 Å². The van der Waals surface area contributed by atoms with Crippen molar-refractivity contribution in [2.24, 2.45) is 0 Å². The molecule has 52 valence electrons. The second-order valence-electron chi connectivity index (χ2n) is 1.50. The van der Waals surface area contributed by atoms with E-state index in [1.807, 2.05) is 6.92 Å². The van der Waals surface area contributed by atoms with E-state index in [1.54, 1.807) is 12.1 Å². The van der Waals surface area contributed by atoms with Gasteiger partial charge in [-0.3, -0.25) is 0 Å². The minimum absolute atomic E-state index is 0.105. The fraction of sp³-hybridized carbons (Fsp3) is 0.429. The highest BCUT2D eigenvalue weighted by Crippen LogP contribution is 1.88. The molecule has 0 aromatic carbocycles. The lowest BCUT2D eigenvalue weighted by atomic mass is 10.3. The molecule has 0 rings (SSSR count). The summed E-state index contributed by atoms with van der Waals surface area (Å²) < 4.78 is 4.89. The van der Waals surface area contributed by atoms with Crippen LogP contribution in [0, 0.1) is 22.7 Å². The molecular weight excluding hydrogens is 128 g/mol. The van der Waals surface area contributed by atoms with Gasteiger partial charge in [0.1, 0.15) is 17.7 Å². The molecule has 0 radical (unpaired) electrons. The average molecular weight is 136 g/mol. The summed E-state index contributed by atoms with van der Waals surface area (Å²) in [7, 11) is 0. The lowest BCUT2D eigenvalue weighted by Crippen LogP contribution is -1.89. The summed E-state index contributed by atoms with van der Waals surface area (Å²) in [5, 5.41) is 16.5. The van der Waals surface area contributed by atoms with E-state index in [0.29, 0.717) is 13.2 Å². The third kappa shape index (κ3) is 3.65. The third-order valence-electron chi connectivity index (χ3n) is 0.850. The van der Waals surface area contributed by atoms with Crippen LogP contribution in [-0.2, 0) is 4.74 Å². The summed E-state index contributed by atoms with van der Waals surface area (Å²) in [6.45, 7) is 2.79. The van der Waals surface area contributed by atoms with E-state index in [0.717, 1.165) is 0 Å². The van der Waals surface area contributed by atoms with E-state index in [-0.39, 0.29) is 5.57 Å². The molecule has 0 aromatic rings. The van der Waals surface area contributed by atoms with E-state index in [2.05, 4.69) is 0 Å². The van der Waals surface area contributed by atoms with Crippen LogP contribution in [0.5, 0.6) is 0 Å². The molecule has 0 bridgehead atoms. The van der Waals surface area contributed by atoms with Crippen LogP contribution in [0.2, 0.25) is 0 Å². The zero-order valence-corrected chi connectivity index (χ0v) is 5.79. The van der Waals surface area contributed by atoms with Crippen molar-refractivity contribution < 1.29 is 4.74 Å². The predicted octanol–water partition coefficient (Wildman–Crippen LogP) is 0.996. The quantitative estimate of drug-likeness (QED) is 0.429. The Balaban J connectivity index is 3.71. The standard InChI is InChI=1S/C7H8N2O/c1-2-10-4-3-7(5-8)6-9/h3H,2,4H2,1H3. The van der Waals surface area contributed by atoms with Gasteiger partial charge in [-0.1, -0.05) is 0 Å². The van der Waals surface area contributed by atoms with Crippen molar-refractivity contribution in [2.45, 2.75) is 6.92 Å². The molecule has 0 aliphatic rings. The summed E-state index contributed by atoms with van der Waals surface area (Å²) in [6, 6.07) is 3.46. The van der Waals surface area contributed by atoms with Gasteiger partial charge in [0.15, 0.2) is 0 Å². The number of nitriles is 2. The monoisotopic (exact) mass is 136 g/mol. The Labute approximate surface area is 60.1 Å². The smallest absolute Gasteiger partial charge is 0.127 e. The first kappa shape index (κ1) is 8.68. The van der Waals surface area contributed by atoms with Crippen molar-refractivity contribution in [1.29, 1.82) is 10.5 Å². The Hall–Kier alpha value is -1.32. The van der Waals surface area contributed by atoms with Crippen molar-refractivity contribution >= 4 is 0 Å². The minimum Gasteiger partial charge on any atom is -0.378 e. The van der Waals surface area contributed by atoms with E-state index in [1.165, 1.54) is 6.08 Å². The summed E-state index contributed by atoms with van der Waals surface area (Å²) in [4.78, 5) is 0. The second kappa shape index (κ2) is 5.81. The Bertz CT molecular complexity index is 179. The van der Waals surface area contributed by atoms with Gasteiger partial charge < -0.3 is 4.74 Å². The average Bonchev–Trinajstić information content (AvgIpc) is 1.99. The molecule has 0 fully saturated rings. The molecule has 0 aromatic heterocycles. The number of nitrogens with zero attached hydrogens (tertiary/aromatic N) is 2. The number of ether oxygens (including phenoxy) is 1. The van der Waals surface area contributed by atoms with Gasteiger partial charge in [-0.2, -0.15) is 10.5 Å². The van der Waals surface area contributed by atoms with Crippen molar-refractivity contribution in [1.82, 2.24) is 0 Å². The third-order valence-corrected chi connectivity index (χ3v) is 0.850. The van der Waals surface area contributed by atoms with Crippen LogP contribution in [0.1, 0.15) is 6.92 Å². The molecule has 0 atom stereocenters. The molecule has 3 nitrogen and oxygen atoms in total. The van der Waals surface area contributed by atoms with Crippen molar-refractivity contribution in [3.8, 4) is 12.1 Å². The predicted molar refractivity (Wildman–Crippen MR) is 35.8 cm³/mol. The largest absolute Gasteiger partial charge is 0.378 e. The molecule has 0 saturated heterocycles. The minimum atomic E-state index is 0.105. The van der Waals surface area contributed by atoms with E-state index in [4.69, 9.17) is 15.3 Å². The van der Waals surface area contributed by atoms with Gasteiger partial charge in [-0.25, -0.2) is 0 Å². The molecule has 0 spiro atoms. The highest BCUT2D eigenvalue weighted by molar-refractivity contribution is 5.34. The molecule has 10 heavy (non-hydrogen) atoms. The lowest BCUT2D eigenvalue weighted by molar-refractivity contribution is 0.177. The number of rotatable bonds is 3. The molecular formula is C7H8N2O. The van der Waals surface area contributed by atoms with Gasteiger partial charge in [-0.05, 0) is 13.0 Å². The van der Waals surface area contributed by atoms with Crippen LogP contribution < -0.4 is 0 Å². The normalized spacial score (nSPS) is 7.50. The molecule has 0 aliphatic heterocycles. The highest BCUT2D eigenvalue weighted by atomic mass is 16.5. The second-order valence-corrected chi connectivity index (χ2v) is 1.50. The Morgan fingerprint density at radius 2 is 2.10 bits per heavy atom. The maximum Gasteiger partial charge on any atom is 0.127 e. The summed E-state index contributed by atoms with van der Waals surface area (Å²) in [5.41, 5.74) is 0.105. The molecule has 0 saturated carbocycles. The van der Waals surface area contributed by atoms with Crippen LogP contribution in [0.4, 0.5) is 0 Å². The molecule has 0 heterocycles. The molecule has 0 unspecified atom stereocenters. The van der Waals surface area contributed by atoms with E-state index >= 15 is 0 Å². The Morgan fingerprint density at radius 3 is 2.50 bits per heavy atom. The molecule has 0 amide bonds. The first-order valence-corrected chi connectivity index (χ1v) is 2.93. The summed E-state index contributed by atoms with van der Waals surface area (Å²) >= 11 is 0. The first-order chi connectivity index (χ1) is 4.85. The summed E-state index contributed by atoms with van der Waals surface area (Å²) in [6.07, 6.45) is 1.46.